The van der Waals surface area contributed by atoms with Gasteiger partial charge in [-0.25, -0.2) is 5.84 Å². The Morgan fingerprint density at radius 3 is 2.50 bits per heavy atom. The van der Waals surface area contributed by atoms with Gasteiger partial charge in [-0.1, -0.05) is 0 Å². The summed E-state index contributed by atoms with van der Waals surface area (Å²) in [5.74, 6) is 3.00. The highest BCUT2D eigenvalue weighted by Crippen LogP contribution is 2.14. The van der Waals surface area contributed by atoms with Gasteiger partial charge < -0.3 is 11.1 Å². The third kappa shape index (κ3) is 5.51. The van der Waals surface area contributed by atoms with Gasteiger partial charge in [0.2, 0.25) is 11.8 Å². The zero-order chi connectivity index (χ0) is 12.8. The molecule has 0 radical (unpaired) electrons. The van der Waals surface area contributed by atoms with Crippen LogP contribution in [0.5, 0.6) is 0 Å². The second-order valence-electron chi connectivity index (χ2n) is 2.97. The van der Waals surface area contributed by atoms with E-state index in [1.165, 1.54) is 0 Å². The molecule has 0 aliphatic heterocycles. The maximum Gasteiger partial charge on any atom is 0.449 e. The van der Waals surface area contributed by atoms with E-state index in [1.807, 2.05) is 0 Å². The van der Waals surface area contributed by atoms with Gasteiger partial charge in [0.15, 0.2) is 0 Å². The molecular weight excluding hydrogens is 225 g/mol. The van der Waals surface area contributed by atoms with E-state index in [9.17, 15) is 13.2 Å². The molecule has 0 bridgehead atoms. The SMILES string of the molecule is CNCCCN(N)C(=N)/N=C(\N)C(F)(F)F. The fourth-order valence-electron chi connectivity index (χ4n) is 0.774. The lowest BCUT2D eigenvalue weighted by molar-refractivity contribution is -0.0597. The molecule has 16 heavy (non-hydrogen) atoms. The van der Waals surface area contributed by atoms with Crippen molar-refractivity contribution >= 4 is 11.8 Å². The van der Waals surface area contributed by atoms with Crippen molar-refractivity contribution in [2.75, 3.05) is 20.1 Å². The van der Waals surface area contributed by atoms with Crippen molar-refractivity contribution in [1.29, 1.82) is 5.41 Å². The van der Waals surface area contributed by atoms with Crippen LogP contribution in [0.2, 0.25) is 0 Å². The van der Waals surface area contributed by atoms with Crippen LogP contribution >= 0.6 is 0 Å². The Morgan fingerprint density at radius 1 is 1.50 bits per heavy atom. The number of halogens is 3. The molecule has 6 nitrogen and oxygen atoms in total. The molecule has 0 rings (SSSR count). The molecule has 0 aliphatic carbocycles. The van der Waals surface area contributed by atoms with Gasteiger partial charge in [0, 0.05) is 6.54 Å². The van der Waals surface area contributed by atoms with Gasteiger partial charge in [-0.2, -0.15) is 18.2 Å². The van der Waals surface area contributed by atoms with Gasteiger partial charge >= 0.3 is 6.18 Å². The highest BCUT2D eigenvalue weighted by molar-refractivity contribution is 5.96. The molecule has 0 spiro atoms. The zero-order valence-electron chi connectivity index (χ0n) is 8.80. The summed E-state index contributed by atoms with van der Waals surface area (Å²) in [6.07, 6.45) is -4.16. The predicted molar refractivity (Wildman–Crippen MR) is 54.8 cm³/mol. The largest absolute Gasteiger partial charge is 0.449 e. The first-order valence-electron chi connectivity index (χ1n) is 4.45. The van der Waals surface area contributed by atoms with Crippen molar-refractivity contribution in [3.8, 4) is 0 Å². The number of alkyl halides is 3. The minimum absolute atomic E-state index is 0.217. The lowest BCUT2D eigenvalue weighted by Gasteiger charge is -2.16. The highest BCUT2D eigenvalue weighted by atomic mass is 19.4. The zero-order valence-corrected chi connectivity index (χ0v) is 8.80. The lowest BCUT2D eigenvalue weighted by atomic mass is 10.4. The second-order valence-corrected chi connectivity index (χ2v) is 2.97. The number of nitrogens with two attached hydrogens (primary N) is 2. The van der Waals surface area contributed by atoms with E-state index >= 15 is 0 Å². The summed E-state index contributed by atoms with van der Waals surface area (Å²) >= 11 is 0. The van der Waals surface area contributed by atoms with Gasteiger partial charge in [-0.05, 0) is 20.0 Å². The smallest absolute Gasteiger partial charge is 0.379 e. The number of hydrazine groups is 1. The summed E-state index contributed by atoms with van der Waals surface area (Å²) in [6.45, 7) is 0.855. The maximum absolute atomic E-state index is 12.0. The van der Waals surface area contributed by atoms with E-state index in [-0.39, 0.29) is 6.54 Å². The van der Waals surface area contributed by atoms with Crippen LogP contribution in [0, 0.1) is 5.41 Å². The molecule has 0 aromatic heterocycles. The number of nitrogens with zero attached hydrogens (tertiary/aromatic N) is 2. The van der Waals surface area contributed by atoms with Crippen molar-refractivity contribution in [2.24, 2.45) is 16.6 Å². The Labute approximate surface area is 91.0 Å². The summed E-state index contributed by atoms with van der Waals surface area (Å²) in [5.41, 5.74) is 4.63. The Kier molecular flexibility index (Phi) is 5.75. The number of aliphatic imine (C=N–C) groups is 1. The molecule has 0 fully saturated rings. The third-order valence-electron chi connectivity index (χ3n) is 1.61. The topological polar surface area (TPSA) is 104 Å². The molecule has 0 heterocycles. The van der Waals surface area contributed by atoms with Crippen molar-refractivity contribution in [3.05, 3.63) is 0 Å². The van der Waals surface area contributed by atoms with Crippen molar-refractivity contribution in [3.63, 3.8) is 0 Å². The summed E-state index contributed by atoms with van der Waals surface area (Å²) in [4.78, 5) is 2.86. The fourth-order valence-corrected chi connectivity index (χ4v) is 0.774. The summed E-state index contributed by atoms with van der Waals surface area (Å²) < 4.78 is 35.9. The van der Waals surface area contributed by atoms with E-state index in [0.717, 1.165) is 5.01 Å². The van der Waals surface area contributed by atoms with Crippen LogP contribution in [0.15, 0.2) is 4.99 Å². The molecular formula is C7H15F3N6. The first-order chi connectivity index (χ1) is 7.29. The molecule has 6 N–H and O–H groups in total. The predicted octanol–water partition coefficient (Wildman–Crippen LogP) is -0.374. The maximum atomic E-state index is 12.0. The summed E-state index contributed by atoms with van der Waals surface area (Å²) in [7, 11) is 1.73. The number of guanidine groups is 1. The Balaban J connectivity index is 4.24. The normalized spacial score (nSPS) is 12.7. The minimum Gasteiger partial charge on any atom is -0.379 e. The van der Waals surface area contributed by atoms with Crippen LogP contribution in [0.25, 0.3) is 0 Å². The van der Waals surface area contributed by atoms with Crippen molar-refractivity contribution in [2.45, 2.75) is 12.6 Å². The lowest BCUT2D eigenvalue weighted by Crippen LogP contribution is -2.40. The average Bonchev–Trinajstić information content (AvgIpc) is 2.16. The second kappa shape index (κ2) is 6.28. The first-order valence-corrected chi connectivity index (χ1v) is 4.45. The van der Waals surface area contributed by atoms with Crippen LogP contribution in [0.4, 0.5) is 13.2 Å². The van der Waals surface area contributed by atoms with Crippen LogP contribution in [-0.2, 0) is 0 Å². The van der Waals surface area contributed by atoms with E-state index in [0.29, 0.717) is 13.0 Å². The van der Waals surface area contributed by atoms with E-state index in [4.69, 9.17) is 11.3 Å². The van der Waals surface area contributed by atoms with E-state index < -0.39 is 18.0 Å². The van der Waals surface area contributed by atoms with Crippen LogP contribution < -0.4 is 16.9 Å². The Hall–Kier alpha value is -1.35. The average molecular weight is 240 g/mol. The highest BCUT2D eigenvalue weighted by Gasteiger charge is 2.34. The third-order valence-corrected chi connectivity index (χ3v) is 1.61. The Bertz CT molecular complexity index is 261. The molecule has 94 valence electrons. The monoisotopic (exact) mass is 240 g/mol. The van der Waals surface area contributed by atoms with Crippen LogP contribution in [0.3, 0.4) is 0 Å². The van der Waals surface area contributed by atoms with Crippen LogP contribution in [-0.4, -0.2) is 43.1 Å². The molecule has 0 aliphatic rings. The summed E-state index contributed by atoms with van der Waals surface area (Å²) in [6, 6.07) is 0. The summed E-state index contributed by atoms with van der Waals surface area (Å²) in [5, 5.41) is 10.8. The molecule has 0 atom stereocenters. The van der Waals surface area contributed by atoms with E-state index in [1.54, 1.807) is 7.05 Å². The molecule has 9 heteroatoms. The van der Waals surface area contributed by atoms with Crippen LogP contribution in [0.1, 0.15) is 6.42 Å². The molecule has 0 saturated carbocycles. The number of hydrogen-bond donors (Lipinski definition) is 4. The van der Waals surface area contributed by atoms with Crippen molar-refractivity contribution in [1.82, 2.24) is 10.3 Å². The molecule has 0 unspecified atom stereocenters. The molecule has 0 saturated heterocycles. The van der Waals surface area contributed by atoms with Crippen molar-refractivity contribution < 1.29 is 13.2 Å². The molecule has 0 aromatic rings. The minimum atomic E-state index is -4.74. The number of nitrogens with one attached hydrogen (secondary N) is 2. The molecule has 0 aromatic carbocycles. The quantitative estimate of drug-likeness (QED) is 0.177. The van der Waals surface area contributed by atoms with Gasteiger partial charge in [-0.15, -0.1) is 0 Å². The first kappa shape index (κ1) is 14.6. The van der Waals surface area contributed by atoms with Gasteiger partial charge in [-0.3, -0.25) is 10.4 Å². The van der Waals surface area contributed by atoms with Gasteiger partial charge in [0.25, 0.3) is 0 Å². The van der Waals surface area contributed by atoms with E-state index in [2.05, 4.69) is 16.0 Å². The van der Waals surface area contributed by atoms with Gasteiger partial charge in [0.05, 0.1) is 0 Å². The standard InChI is InChI=1S/C7H15F3N6/c1-14-3-2-4-16(13)6(12)15-5(11)7(8,9)10/h14H,2-4,13H2,1H3,(H3,11,12,15). The Morgan fingerprint density at radius 2 is 2.06 bits per heavy atom. The fraction of sp³-hybridized carbons (Fsp3) is 0.714. The van der Waals surface area contributed by atoms with Gasteiger partial charge in [0.1, 0.15) is 0 Å². The number of rotatable bonds is 4. The number of hydrogen-bond acceptors (Lipinski definition) is 3. The number of amidine groups is 1. The molecule has 0 amide bonds.